The molecule has 0 radical (unpaired) electrons. The predicted molar refractivity (Wildman–Crippen MR) is 56.0 cm³/mol. The number of carboxylic acids is 1. The van der Waals surface area contributed by atoms with Gasteiger partial charge in [0.1, 0.15) is 11.9 Å². The van der Waals surface area contributed by atoms with Crippen LogP contribution in [-0.2, 0) is 4.79 Å². The van der Waals surface area contributed by atoms with Crippen LogP contribution in [0.25, 0.3) is 0 Å². The third-order valence-corrected chi connectivity index (χ3v) is 2.13. The van der Waals surface area contributed by atoms with E-state index in [1.54, 1.807) is 0 Å². The first-order valence-corrected chi connectivity index (χ1v) is 4.78. The van der Waals surface area contributed by atoms with Crippen molar-refractivity contribution in [2.24, 2.45) is 0 Å². The van der Waals surface area contributed by atoms with Gasteiger partial charge in [-0.3, -0.25) is 9.59 Å². The molecule has 0 aliphatic rings. The average Bonchev–Trinajstić information content (AvgIpc) is 2.16. The predicted octanol–water partition coefficient (Wildman–Crippen LogP) is 1.68. The van der Waals surface area contributed by atoms with Gasteiger partial charge in [-0.15, -0.1) is 0 Å². The number of halogens is 2. The van der Waals surface area contributed by atoms with Crippen molar-refractivity contribution in [1.29, 1.82) is 0 Å². The van der Waals surface area contributed by atoms with Gasteiger partial charge in [-0.05, 0) is 25.1 Å². The molecule has 2 N–H and O–H groups in total. The molecule has 1 aromatic carbocycles. The lowest BCUT2D eigenvalue weighted by Gasteiger charge is -2.09. The number of hydrogen-bond acceptors (Lipinski definition) is 2. The minimum Gasteiger partial charge on any atom is -0.480 e. The van der Waals surface area contributed by atoms with Gasteiger partial charge in [0, 0.05) is 5.02 Å². The van der Waals surface area contributed by atoms with Crippen LogP contribution in [0, 0.1) is 5.82 Å². The van der Waals surface area contributed by atoms with Crippen molar-refractivity contribution < 1.29 is 19.1 Å². The Morgan fingerprint density at radius 3 is 2.62 bits per heavy atom. The van der Waals surface area contributed by atoms with Crippen LogP contribution in [0.1, 0.15) is 17.3 Å². The minimum atomic E-state index is -1.19. The smallest absolute Gasteiger partial charge is 0.325 e. The van der Waals surface area contributed by atoms with Crippen molar-refractivity contribution in [3.63, 3.8) is 0 Å². The maximum atomic E-state index is 13.3. The van der Waals surface area contributed by atoms with Gasteiger partial charge < -0.3 is 10.4 Å². The van der Waals surface area contributed by atoms with Crippen LogP contribution < -0.4 is 5.32 Å². The van der Waals surface area contributed by atoms with E-state index in [1.165, 1.54) is 19.1 Å². The van der Waals surface area contributed by atoms with Gasteiger partial charge in [0.15, 0.2) is 0 Å². The second kappa shape index (κ2) is 4.94. The molecule has 0 unspecified atom stereocenters. The first-order chi connectivity index (χ1) is 7.41. The molecular formula is C10H9ClFNO3. The number of benzene rings is 1. The van der Waals surface area contributed by atoms with Gasteiger partial charge in [0.25, 0.3) is 5.91 Å². The maximum Gasteiger partial charge on any atom is 0.325 e. The van der Waals surface area contributed by atoms with Crippen molar-refractivity contribution in [3.8, 4) is 0 Å². The Labute approximate surface area is 96.0 Å². The van der Waals surface area contributed by atoms with E-state index in [-0.39, 0.29) is 10.6 Å². The second-order valence-corrected chi connectivity index (χ2v) is 3.59. The zero-order valence-electron chi connectivity index (χ0n) is 8.33. The summed E-state index contributed by atoms with van der Waals surface area (Å²) < 4.78 is 13.3. The fourth-order valence-electron chi connectivity index (χ4n) is 1.01. The monoisotopic (exact) mass is 245 g/mol. The van der Waals surface area contributed by atoms with E-state index in [4.69, 9.17) is 16.7 Å². The largest absolute Gasteiger partial charge is 0.480 e. The molecule has 6 heteroatoms. The van der Waals surface area contributed by atoms with Gasteiger partial charge in [-0.2, -0.15) is 0 Å². The number of aliphatic carboxylic acids is 1. The highest BCUT2D eigenvalue weighted by molar-refractivity contribution is 6.30. The van der Waals surface area contributed by atoms with Crippen LogP contribution in [0.3, 0.4) is 0 Å². The molecule has 0 aliphatic heterocycles. The summed E-state index contributed by atoms with van der Waals surface area (Å²) in [7, 11) is 0. The molecule has 0 saturated heterocycles. The molecule has 0 heterocycles. The molecule has 1 aromatic rings. The van der Waals surface area contributed by atoms with Crippen LogP contribution in [0.5, 0.6) is 0 Å². The fourth-order valence-corrected chi connectivity index (χ4v) is 1.17. The molecule has 0 aliphatic carbocycles. The molecule has 1 amide bonds. The lowest BCUT2D eigenvalue weighted by molar-refractivity contribution is -0.138. The number of carboxylic acid groups (broad SMARTS) is 1. The van der Waals surface area contributed by atoms with Crippen LogP contribution >= 0.6 is 11.6 Å². The first-order valence-electron chi connectivity index (χ1n) is 4.40. The zero-order chi connectivity index (χ0) is 12.3. The van der Waals surface area contributed by atoms with Gasteiger partial charge in [-0.25, -0.2) is 4.39 Å². The Balaban J connectivity index is 2.85. The van der Waals surface area contributed by atoms with Crippen molar-refractivity contribution >= 4 is 23.5 Å². The Kier molecular flexibility index (Phi) is 3.84. The van der Waals surface area contributed by atoms with E-state index in [9.17, 15) is 14.0 Å². The molecule has 0 fully saturated rings. The molecule has 16 heavy (non-hydrogen) atoms. The number of nitrogens with one attached hydrogen (secondary N) is 1. The number of rotatable bonds is 3. The lowest BCUT2D eigenvalue weighted by Crippen LogP contribution is -2.38. The Bertz CT molecular complexity index is 436. The first kappa shape index (κ1) is 12.4. The molecule has 86 valence electrons. The molecule has 0 spiro atoms. The zero-order valence-corrected chi connectivity index (χ0v) is 9.08. The SMILES string of the molecule is C[C@H](NC(=O)c1ccc(Cl)cc1F)C(=O)O. The number of hydrogen-bond donors (Lipinski definition) is 2. The van der Waals surface area contributed by atoms with Crippen LogP contribution in [0.2, 0.25) is 5.02 Å². The highest BCUT2D eigenvalue weighted by Gasteiger charge is 2.17. The fraction of sp³-hybridized carbons (Fsp3) is 0.200. The van der Waals surface area contributed by atoms with E-state index >= 15 is 0 Å². The third kappa shape index (κ3) is 2.93. The second-order valence-electron chi connectivity index (χ2n) is 3.16. The molecule has 1 atom stereocenters. The average molecular weight is 246 g/mol. The molecule has 0 aromatic heterocycles. The molecule has 0 bridgehead atoms. The van der Waals surface area contributed by atoms with Gasteiger partial charge in [-0.1, -0.05) is 11.6 Å². The Hall–Kier alpha value is -1.62. The molecule has 1 rings (SSSR count). The van der Waals surface area contributed by atoms with E-state index in [0.717, 1.165) is 6.07 Å². The summed E-state index contributed by atoms with van der Waals surface area (Å²) in [5.74, 6) is -2.77. The standard InChI is InChI=1S/C10H9ClFNO3/c1-5(10(15)16)13-9(14)7-3-2-6(11)4-8(7)12/h2-5H,1H3,(H,13,14)(H,15,16)/t5-/m0/s1. The number of carbonyl (C=O) groups is 2. The summed E-state index contributed by atoms with van der Waals surface area (Å²) in [4.78, 5) is 21.9. The number of amides is 1. The van der Waals surface area contributed by atoms with Crippen molar-refractivity contribution in [1.82, 2.24) is 5.32 Å². The molecule has 4 nitrogen and oxygen atoms in total. The van der Waals surface area contributed by atoms with Gasteiger partial charge in [0.2, 0.25) is 0 Å². The topological polar surface area (TPSA) is 66.4 Å². The van der Waals surface area contributed by atoms with Gasteiger partial charge >= 0.3 is 5.97 Å². The van der Waals surface area contributed by atoms with Crippen LogP contribution in [0.4, 0.5) is 4.39 Å². The molecular weight excluding hydrogens is 237 g/mol. The lowest BCUT2D eigenvalue weighted by atomic mass is 10.2. The van der Waals surface area contributed by atoms with E-state index < -0.39 is 23.7 Å². The highest BCUT2D eigenvalue weighted by Crippen LogP contribution is 2.14. The quantitative estimate of drug-likeness (QED) is 0.852. The van der Waals surface area contributed by atoms with E-state index in [2.05, 4.69) is 5.32 Å². The summed E-state index contributed by atoms with van der Waals surface area (Å²) >= 11 is 5.51. The number of carbonyl (C=O) groups excluding carboxylic acids is 1. The van der Waals surface area contributed by atoms with Crippen molar-refractivity contribution in [2.45, 2.75) is 13.0 Å². The summed E-state index contributed by atoms with van der Waals surface area (Å²) in [5, 5.41) is 10.9. The summed E-state index contributed by atoms with van der Waals surface area (Å²) in [6.45, 7) is 1.29. The molecule has 0 saturated carbocycles. The van der Waals surface area contributed by atoms with Crippen molar-refractivity contribution in [2.75, 3.05) is 0 Å². The summed E-state index contributed by atoms with van der Waals surface area (Å²) in [6.07, 6.45) is 0. The Morgan fingerprint density at radius 2 is 2.12 bits per heavy atom. The van der Waals surface area contributed by atoms with E-state index in [0.29, 0.717) is 0 Å². The van der Waals surface area contributed by atoms with Crippen LogP contribution in [0.15, 0.2) is 18.2 Å². The normalized spacial score (nSPS) is 11.9. The minimum absolute atomic E-state index is 0.167. The summed E-state index contributed by atoms with van der Waals surface area (Å²) in [5.41, 5.74) is -0.238. The highest BCUT2D eigenvalue weighted by atomic mass is 35.5. The van der Waals surface area contributed by atoms with E-state index in [1.807, 2.05) is 0 Å². The van der Waals surface area contributed by atoms with Crippen molar-refractivity contribution in [3.05, 3.63) is 34.6 Å². The third-order valence-electron chi connectivity index (χ3n) is 1.89. The van der Waals surface area contributed by atoms with Gasteiger partial charge in [0.05, 0.1) is 5.56 Å². The Morgan fingerprint density at radius 1 is 1.50 bits per heavy atom. The summed E-state index contributed by atoms with van der Waals surface area (Å²) in [6, 6.07) is 2.46. The maximum absolute atomic E-state index is 13.3. The van der Waals surface area contributed by atoms with Crippen LogP contribution in [-0.4, -0.2) is 23.0 Å².